The van der Waals surface area contributed by atoms with Gasteiger partial charge < -0.3 is 18.6 Å². The van der Waals surface area contributed by atoms with Crippen LogP contribution in [0, 0.1) is 0 Å². The molecule has 0 aliphatic heterocycles. The molecule has 0 bridgehead atoms. The first-order chi connectivity index (χ1) is 13.6. The average Bonchev–Trinajstić information content (AvgIpc) is 2.68. The van der Waals surface area contributed by atoms with Gasteiger partial charge in [-0.05, 0) is 32.4 Å². The summed E-state index contributed by atoms with van der Waals surface area (Å²) in [6.07, 6.45) is 9.65. The average molecular weight is 391 g/mol. The first-order valence-electron chi connectivity index (χ1n) is 10.5. The van der Waals surface area contributed by atoms with E-state index in [-0.39, 0.29) is 11.9 Å². The van der Waals surface area contributed by atoms with Crippen molar-refractivity contribution in [1.82, 2.24) is 0 Å². The molecule has 2 aromatic rings. The second kappa shape index (κ2) is 11.6. The SMILES string of the molecule is CCCCCCCCCCOc1c(OC(C)C)c(=O)oc2c(OC)cccc12. The molecule has 0 fully saturated rings. The van der Waals surface area contributed by atoms with Crippen molar-refractivity contribution in [2.24, 2.45) is 0 Å². The molecule has 5 nitrogen and oxygen atoms in total. The first kappa shape index (κ1) is 22.1. The minimum absolute atomic E-state index is 0.135. The number of hydrogen-bond donors (Lipinski definition) is 0. The quantitative estimate of drug-likeness (QED) is 0.305. The summed E-state index contributed by atoms with van der Waals surface area (Å²) >= 11 is 0. The van der Waals surface area contributed by atoms with Crippen molar-refractivity contribution >= 4 is 11.0 Å². The van der Waals surface area contributed by atoms with Crippen LogP contribution < -0.4 is 19.8 Å². The lowest BCUT2D eigenvalue weighted by atomic mass is 10.1. The molecule has 156 valence electrons. The molecule has 0 spiro atoms. The minimum Gasteiger partial charge on any atom is -0.493 e. The van der Waals surface area contributed by atoms with E-state index in [0.717, 1.165) is 12.8 Å². The third-order valence-electron chi connectivity index (χ3n) is 4.63. The van der Waals surface area contributed by atoms with Gasteiger partial charge in [0.05, 0.1) is 25.2 Å². The molecule has 1 aromatic heterocycles. The van der Waals surface area contributed by atoms with Crippen LogP contribution in [0.25, 0.3) is 11.0 Å². The van der Waals surface area contributed by atoms with Gasteiger partial charge in [0.15, 0.2) is 17.1 Å². The second-order valence-corrected chi connectivity index (χ2v) is 7.37. The van der Waals surface area contributed by atoms with Crippen LogP contribution in [0.3, 0.4) is 0 Å². The largest absolute Gasteiger partial charge is 0.493 e. The summed E-state index contributed by atoms with van der Waals surface area (Å²) < 4.78 is 22.5. The molecule has 0 saturated carbocycles. The first-order valence-corrected chi connectivity index (χ1v) is 10.5. The third kappa shape index (κ3) is 6.18. The van der Waals surface area contributed by atoms with Crippen LogP contribution in [-0.4, -0.2) is 19.8 Å². The summed E-state index contributed by atoms with van der Waals surface area (Å²) in [5, 5.41) is 0.689. The molecule has 5 heteroatoms. The predicted molar refractivity (Wildman–Crippen MR) is 113 cm³/mol. The number of fused-ring (bicyclic) bond motifs is 1. The molecule has 0 aliphatic rings. The van der Waals surface area contributed by atoms with Gasteiger partial charge in [-0.3, -0.25) is 0 Å². The van der Waals surface area contributed by atoms with Crippen molar-refractivity contribution in [2.75, 3.05) is 13.7 Å². The molecule has 28 heavy (non-hydrogen) atoms. The number of para-hydroxylation sites is 1. The Morgan fingerprint density at radius 2 is 1.64 bits per heavy atom. The number of unbranched alkanes of at least 4 members (excludes halogenated alkanes) is 7. The number of hydrogen-bond acceptors (Lipinski definition) is 5. The van der Waals surface area contributed by atoms with Gasteiger partial charge in [0, 0.05) is 0 Å². The molecule has 0 aliphatic carbocycles. The summed E-state index contributed by atoms with van der Waals surface area (Å²) in [6.45, 7) is 6.52. The number of methoxy groups -OCH3 is 1. The maximum Gasteiger partial charge on any atom is 0.383 e. The zero-order valence-electron chi connectivity index (χ0n) is 17.7. The number of ether oxygens (including phenoxy) is 3. The number of rotatable bonds is 13. The Balaban J connectivity index is 2.07. The highest BCUT2D eigenvalue weighted by atomic mass is 16.5. The summed E-state index contributed by atoms with van der Waals surface area (Å²) in [6, 6.07) is 5.47. The summed E-state index contributed by atoms with van der Waals surface area (Å²) in [4.78, 5) is 12.5. The van der Waals surface area contributed by atoms with E-state index in [1.165, 1.54) is 38.5 Å². The Hall–Kier alpha value is -2.17. The van der Waals surface area contributed by atoms with Crippen LogP contribution in [0.4, 0.5) is 0 Å². The Morgan fingerprint density at radius 1 is 0.964 bits per heavy atom. The fourth-order valence-electron chi connectivity index (χ4n) is 3.21. The van der Waals surface area contributed by atoms with Gasteiger partial charge in [-0.2, -0.15) is 0 Å². The van der Waals surface area contributed by atoms with E-state index in [9.17, 15) is 4.79 Å². The highest BCUT2D eigenvalue weighted by molar-refractivity contribution is 5.89. The maximum absolute atomic E-state index is 12.5. The fraction of sp³-hybridized carbons (Fsp3) is 0.609. The zero-order valence-corrected chi connectivity index (χ0v) is 17.7. The zero-order chi connectivity index (χ0) is 20.4. The molecular formula is C23H34O5. The molecule has 0 unspecified atom stereocenters. The Labute approximate surface area is 168 Å². The lowest BCUT2D eigenvalue weighted by Crippen LogP contribution is -2.15. The van der Waals surface area contributed by atoms with E-state index < -0.39 is 5.63 Å². The molecule has 0 radical (unpaired) electrons. The Kier molecular flexibility index (Phi) is 9.18. The van der Waals surface area contributed by atoms with E-state index in [2.05, 4.69) is 6.92 Å². The van der Waals surface area contributed by atoms with Crippen LogP contribution in [-0.2, 0) is 0 Å². The van der Waals surface area contributed by atoms with Gasteiger partial charge in [-0.25, -0.2) is 4.79 Å². The van der Waals surface area contributed by atoms with Crippen molar-refractivity contribution in [3.8, 4) is 17.2 Å². The third-order valence-corrected chi connectivity index (χ3v) is 4.63. The van der Waals surface area contributed by atoms with E-state index in [1.807, 2.05) is 26.0 Å². The Bertz CT molecular complexity index is 778. The van der Waals surface area contributed by atoms with Crippen molar-refractivity contribution in [2.45, 2.75) is 78.2 Å². The highest BCUT2D eigenvalue weighted by Crippen LogP contribution is 2.37. The smallest absolute Gasteiger partial charge is 0.383 e. The highest BCUT2D eigenvalue weighted by Gasteiger charge is 2.20. The normalized spacial score (nSPS) is 11.2. The predicted octanol–water partition coefficient (Wildman–Crippen LogP) is 6.11. The summed E-state index contributed by atoms with van der Waals surface area (Å²) in [5.74, 6) is 1.08. The molecule has 2 rings (SSSR count). The van der Waals surface area contributed by atoms with Gasteiger partial charge in [-0.1, -0.05) is 57.9 Å². The van der Waals surface area contributed by atoms with Gasteiger partial charge in [0.25, 0.3) is 0 Å². The van der Waals surface area contributed by atoms with E-state index in [0.29, 0.717) is 29.1 Å². The molecule has 0 amide bonds. The van der Waals surface area contributed by atoms with Crippen LogP contribution >= 0.6 is 0 Å². The minimum atomic E-state index is -0.545. The molecule has 1 heterocycles. The van der Waals surface area contributed by atoms with Crippen molar-refractivity contribution in [3.63, 3.8) is 0 Å². The van der Waals surface area contributed by atoms with Gasteiger partial charge >= 0.3 is 5.63 Å². The molecule has 0 saturated heterocycles. The number of benzene rings is 1. The van der Waals surface area contributed by atoms with E-state index >= 15 is 0 Å². The van der Waals surface area contributed by atoms with Gasteiger partial charge in [0.2, 0.25) is 5.75 Å². The summed E-state index contributed by atoms with van der Waals surface area (Å²) in [7, 11) is 1.55. The van der Waals surface area contributed by atoms with Gasteiger partial charge in [0.1, 0.15) is 0 Å². The van der Waals surface area contributed by atoms with E-state index in [4.69, 9.17) is 18.6 Å². The second-order valence-electron chi connectivity index (χ2n) is 7.37. The van der Waals surface area contributed by atoms with Crippen molar-refractivity contribution < 1.29 is 18.6 Å². The van der Waals surface area contributed by atoms with E-state index in [1.54, 1.807) is 13.2 Å². The monoisotopic (exact) mass is 390 g/mol. The van der Waals surface area contributed by atoms with Crippen molar-refractivity contribution in [1.29, 1.82) is 0 Å². The van der Waals surface area contributed by atoms with Crippen molar-refractivity contribution in [3.05, 3.63) is 28.6 Å². The van der Waals surface area contributed by atoms with Crippen LogP contribution in [0.2, 0.25) is 0 Å². The van der Waals surface area contributed by atoms with Crippen LogP contribution in [0.1, 0.15) is 72.1 Å². The maximum atomic E-state index is 12.5. The van der Waals surface area contributed by atoms with Gasteiger partial charge in [-0.15, -0.1) is 0 Å². The fourth-order valence-corrected chi connectivity index (χ4v) is 3.21. The molecule has 0 atom stereocenters. The topological polar surface area (TPSA) is 57.9 Å². The lowest BCUT2D eigenvalue weighted by Gasteiger charge is -2.16. The molecular weight excluding hydrogens is 356 g/mol. The summed E-state index contributed by atoms with van der Waals surface area (Å²) in [5.41, 5.74) is -0.159. The van der Waals surface area contributed by atoms with Crippen LogP contribution in [0.5, 0.6) is 17.2 Å². The Morgan fingerprint density at radius 3 is 2.29 bits per heavy atom. The molecule has 0 N–H and O–H groups in total. The molecule has 1 aromatic carbocycles. The standard InChI is InChI=1S/C23H34O5/c1-5-6-7-8-9-10-11-12-16-26-21-18-14-13-15-19(25-4)20(18)28-23(24)22(21)27-17(2)3/h13-15,17H,5-12,16H2,1-4H3. The lowest BCUT2D eigenvalue weighted by molar-refractivity contribution is 0.210. The van der Waals surface area contributed by atoms with Crippen LogP contribution in [0.15, 0.2) is 27.4 Å².